The van der Waals surface area contributed by atoms with Crippen LogP contribution in [0, 0.1) is 28.5 Å². The van der Waals surface area contributed by atoms with Gasteiger partial charge >= 0.3 is 0 Å². The van der Waals surface area contributed by atoms with Crippen molar-refractivity contribution in [2.24, 2.45) is 11.3 Å². The van der Waals surface area contributed by atoms with Gasteiger partial charge in [0, 0.05) is 26.3 Å². The number of amides is 1. The van der Waals surface area contributed by atoms with Crippen molar-refractivity contribution in [3.05, 3.63) is 35.6 Å². The molecule has 134 valence electrons. The molecule has 1 aromatic carbocycles. The van der Waals surface area contributed by atoms with Crippen molar-refractivity contribution in [3.8, 4) is 6.07 Å². The molecule has 25 heavy (non-hydrogen) atoms. The molecule has 1 amide bonds. The summed E-state index contributed by atoms with van der Waals surface area (Å²) in [4.78, 5) is 14.6. The first-order valence-electron chi connectivity index (χ1n) is 8.78. The zero-order chi connectivity index (χ0) is 17.9. The van der Waals surface area contributed by atoms with E-state index in [0.717, 1.165) is 0 Å². The minimum Gasteiger partial charge on any atom is -0.388 e. The minimum absolute atomic E-state index is 0.0298. The van der Waals surface area contributed by atoms with E-state index < -0.39 is 11.5 Å². The zero-order valence-corrected chi connectivity index (χ0v) is 14.2. The number of rotatable bonds is 3. The first-order valence-corrected chi connectivity index (χ1v) is 8.78. The van der Waals surface area contributed by atoms with Gasteiger partial charge < -0.3 is 14.7 Å². The molecule has 0 aliphatic carbocycles. The third-order valence-corrected chi connectivity index (χ3v) is 5.45. The molecule has 0 bridgehead atoms. The number of piperidine rings is 1. The van der Waals surface area contributed by atoms with E-state index in [1.54, 1.807) is 17.0 Å². The Bertz CT molecular complexity index is 642. The third-order valence-electron chi connectivity index (χ3n) is 5.45. The second-order valence-electron chi connectivity index (χ2n) is 6.93. The summed E-state index contributed by atoms with van der Waals surface area (Å²) in [7, 11) is 0. The number of halogens is 1. The van der Waals surface area contributed by atoms with Gasteiger partial charge in [-0.15, -0.1) is 0 Å². The van der Waals surface area contributed by atoms with Crippen LogP contribution < -0.4 is 0 Å². The molecule has 0 radical (unpaired) electrons. The van der Waals surface area contributed by atoms with Crippen LogP contribution in [0.4, 0.5) is 4.39 Å². The van der Waals surface area contributed by atoms with E-state index in [0.29, 0.717) is 57.6 Å². The maximum Gasteiger partial charge on any atom is 0.243 e. The number of aliphatic hydroxyl groups is 1. The van der Waals surface area contributed by atoms with E-state index in [1.165, 1.54) is 12.1 Å². The monoisotopic (exact) mass is 346 g/mol. The molecular weight excluding hydrogens is 323 g/mol. The highest BCUT2D eigenvalue weighted by atomic mass is 19.1. The summed E-state index contributed by atoms with van der Waals surface area (Å²) < 4.78 is 18.3. The van der Waals surface area contributed by atoms with E-state index in [2.05, 4.69) is 6.07 Å². The van der Waals surface area contributed by atoms with E-state index >= 15 is 0 Å². The molecule has 5 nitrogen and oxygen atoms in total. The van der Waals surface area contributed by atoms with Crippen molar-refractivity contribution >= 4 is 5.91 Å². The summed E-state index contributed by atoms with van der Waals surface area (Å²) in [5.41, 5.74) is -0.259. The van der Waals surface area contributed by atoms with Crippen molar-refractivity contribution in [1.82, 2.24) is 4.90 Å². The molecule has 1 aromatic rings. The van der Waals surface area contributed by atoms with E-state index in [-0.39, 0.29) is 17.6 Å². The Morgan fingerprint density at radius 3 is 2.44 bits per heavy atom. The van der Waals surface area contributed by atoms with Crippen LogP contribution in [0.25, 0.3) is 0 Å². The van der Waals surface area contributed by atoms with Gasteiger partial charge in [0.25, 0.3) is 0 Å². The van der Waals surface area contributed by atoms with Crippen molar-refractivity contribution < 1.29 is 19.0 Å². The summed E-state index contributed by atoms with van der Waals surface area (Å²) in [6.07, 6.45) is 1.57. The Morgan fingerprint density at radius 1 is 1.28 bits per heavy atom. The number of nitrogens with zero attached hydrogens (tertiary/aromatic N) is 2. The molecule has 0 aromatic heterocycles. The molecule has 2 aliphatic rings. The van der Waals surface area contributed by atoms with Gasteiger partial charge in [-0.25, -0.2) is 4.39 Å². The number of carbonyl (C=O) groups excluding carboxylic acids is 1. The van der Waals surface area contributed by atoms with Crippen molar-refractivity contribution in [2.45, 2.75) is 31.8 Å². The fraction of sp³-hybridized carbons (Fsp3) is 0.579. The maximum absolute atomic E-state index is 13.0. The molecule has 2 heterocycles. The SMILES string of the molecule is N#CC1(C(=O)N2CCC(C(O)c3ccc(F)cc3)CC2)CCOCC1. The van der Waals surface area contributed by atoms with Crippen molar-refractivity contribution in [2.75, 3.05) is 26.3 Å². The molecule has 2 fully saturated rings. The zero-order valence-electron chi connectivity index (χ0n) is 14.2. The highest BCUT2D eigenvalue weighted by Crippen LogP contribution is 2.36. The number of ether oxygens (including phenoxy) is 1. The van der Waals surface area contributed by atoms with E-state index in [9.17, 15) is 19.6 Å². The van der Waals surface area contributed by atoms with Crippen LogP contribution in [0.2, 0.25) is 0 Å². The maximum atomic E-state index is 13.0. The van der Waals surface area contributed by atoms with Crippen LogP contribution in [0.5, 0.6) is 0 Å². The molecule has 1 atom stereocenters. The Labute approximate surface area is 147 Å². The molecule has 3 rings (SSSR count). The van der Waals surface area contributed by atoms with Gasteiger partial charge in [-0.1, -0.05) is 12.1 Å². The Kier molecular flexibility index (Phi) is 5.36. The largest absolute Gasteiger partial charge is 0.388 e. The number of aliphatic hydroxyl groups excluding tert-OH is 1. The fourth-order valence-electron chi connectivity index (χ4n) is 3.75. The number of carbonyl (C=O) groups is 1. The number of hydrogen-bond donors (Lipinski definition) is 1. The Balaban J connectivity index is 1.60. The van der Waals surface area contributed by atoms with Gasteiger partial charge in [0.2, 0.25) is 5.91 Å². The van der Waals surface area contributed by atoms with Crippen LogP contribution in [-0.2, 0) is 9.53 Å². The molecule has 0 spiro atoms. The van der Waals surface area contributed by atoms with Gasteiger partial charge in [-0.2, -0.15) is 5.26 Å². The Morgan fingerprint density at radius 2 is 1.88 bits per heavy atom. The average Bonchev–Trinajstić information content (AvgIpc) is 2.68. The predicted octanol–water partition coefficient (Wildman–Crippen LogP) is 2.42. The van der Waals surface area contributed by atoms with Crippen molar-refractivity contribution in [3.63, 3.8) is 0 Å². The fourth-order valence-corrected chi connectivity index (χ4v) is 3.75. The second kappa shape index (κ2) is 7.51. The lowest BCUT2D eigenvalue weighted by Crippen LogP contribution is -2.49. The lowest BCUT2D eigenvalue weighted by atomic mass is 9.79. The third kappa shape index (κ3) is 3.68. The summed E-state index contributed by atoms with van der Waals surface area (Å²) in [6.45, 7) is 1.95. The first-order chi connectivity index (χ1) is 12.1. The number of benzene rings is 1. The van der Waals surface area contributed by atoms with E-state index in [4.69, 9.17) is 4.74 Å². The minimum atomic E-state index is -0.958. The topological polar surface area (TPSA) is 73.6 Å². The smallest absolute Gasteiger partial charge is 0.243 e. The van der Waals surface area contributed by atoms with Gasteiger partial charge in [0.15, 0.2) is 0 Å². The van der Waals surface area contributed by atoms with Crippen molar-refractivity contribution in [1.29, 1.82) is 5.26 Å². The summed E-state index contributed by atoms with van der Waals surface area (Å²) in [5.74, 6) is -0.398. The molecule has 2 saturated heterocycles. The Hall–Kier alpha value is -1.97. The lowest BCUT2D eigenvalue weighted by molar-refractivity contribution is -0.145. The van der Waals surface area contributed by atoms with Crippen LogP contribution in [-0.4, -0.2) is 42.2 Å². The van der Waals surface area contributed by atoms with Gasteiger partial charge in [0.1, 0.15) is 11.2 Å². The normalized spacial score (nSPS) is 22.2. The lowest BCUT2D eigenvalue weighted by Gasteiger charge is -2.39. The highest BCUT2D eigenvalue weighted by Gasteiger charge is 2.44. The first kappa shape index (κ1) is 17.8. The van der Waals surface area contributed by atoms with Crippen LogP contribution in [0.15, 0.2) is 24.3 Å². The summed E-state index contributed by atoms with van der Waals surface area (Å²) in [6, 6.07) is 8.12. The summed E-state index contributed by atoms with van der Waals surface area (Å²) in [5, 5.41) is 20.0. The number of nitriles is 1. The molecule has 1 unspecified atom stereocenters. The summed E-state index contributed by atoms with van der Waals surface area (Å²) >= 11 is 0. The van der Waals surface area contributed by atoms with Crippen LogP contribution >= 0.6 is 0 Å². The van der Waals surface area contributed by atoms with Gasteiger partial charge in [-0.05, 0) is 49.3 Å². The highest BCUT2D eigenvalue weighted by molar-refractivity contribution is 5.85. The van der Waals surface area contributed by atoms with Gasteiger partial charge in [0.05, 0.1) is 12.2 Å². The second-order valence-corrected chi connectivity index (χ2v) is 6.93. The molecule has 2 aliphatic heterocycles. The molecular formula is C19H23FN2O3. The average molecular weight is 346 g/mol. The number of hydrogen-bond acceptors (Lipinski definition) is 4. The number of likely N-dealkylation sites (tertiary alicyclic amines) is 1. The van der Waals surface area contributed by atoms with Crippen LogP contribution in [0.1, 0.15) is 37.4 Å². The molecule has 0 saturated carbocycles. The molecule has 6 heteroatoms. The quantitative estimate of drug-likeness (QED) is 0.912. The predicted molar refractivity (Wildman–Crippen MR) is 88.8 cm³/mol. The molecule has 1 N–H and O–H groups in total. The van der Waals surface area contributed by atoms with Gasteiger partial charge in [-0.3, -0.25) is 4.79 Å². The standard InChI is InChI=1S/C19H23FN2O3/c20-16-3-1-14(2-4-16)17(23)15-5-9-22(10-6-15)18(24)19(13-21)7-11-25-12-8-19/h1-4,15,17,23H,5-12H2. The van der Waals surface area contributed by atoms with E-state index in [1.807, 2.05) is 0 Å². The van der Waals surface area contributed by atoms with Crippen LogP contribution in [0.3, 0.4) is 0 Å².